The van der Waals surface area contributed by atoms with Crippen molar-refractivity contribution in [2.24, 2.45) is 5.92 Å². The molecule has 0 heterocycles. The maximum Gasteiger partial charge on any atom is 0.118 e. The summed E-state index contributed by atoms with van der Waals surface area (Å²) in [6.07, 6.45) is 0. The Kier molecular flexibility index (Phi) is 5.73. The summed E-state index contributed by atoms with van der Waals surface area (Å²) in [5.74, 6) is 1.44. The molecule has 3 heteroatoms. The van der Waals surface area contributed by atoms with Gasteiger partial charge in [0.05, 0.1) is 20.3 Å². The zero-order chi connectivity index (χ0) is 11.1. The molecule has 0 fully saturated rings. The number of alkyl halides is 1. The van der Waals surface area contributed by atoms with Gasteiger partial charge in [-0.25, -0.2) is 0 Å². The maximum absolute atomic E-state index is 5.58. The minimum atomic E-state index is 0.559. The van der Waals surface area contributed by atoms with Gasteiger partial charge < -0.3 is 9.47 Å². The molecule has 0 saturated heterocycles. The highest BCUT2D eigenvalue weighted by Crippen LogP contribution is 2.12. The predicted octanol–water partition coefficient (Wildman–Crippen LogP) is 3.24. The Morgan fingerprint density at radius 2 is 1.93 bits per heavy atom. The standard InChI is InChI=1S/C12H17BrO2/c1-10(7-13)8-15-9-11-3-5-12(14-2)6-4-11/h3-6,10H,7-9H2,1-2H3/t10-/m1/s1. The van der Waals surface area contributed by atoms with E-state index < -0.39 is 0 Å². The Morgan fingerprint density at radius 3 is 2.47 bits per heavy atom. The van der Waals surface area contributed by atoms with Gasteiger partial charge in [0.15, 0.2) is 0 Å². The average Bonchev–Trinajstić information content (AvgIpc) is 2.29. The quantitative estimate of drug-likeness (QED) is 0.741. The van der Waals surface area contributed by atoms with E-state index in [1.165, 1.54) is 5.56 Å². The molecular weight excluding hydrogens is 256 g/mol. The molecule has 0 aromatic heterocycles. The van der Waals surface area contributed by atoms with Crippen LogP contribution in [-0.2, 0) is 11.3 Å². The van der Waals surface area contributed by atoms with Gasteiger partial charge in [-0.05, 0) is 23.6 Å². The van der Waals surface area contributed by atoms with Crippen molar-refractivity contribution >= 4 is 15.9 Å². The van der Waals surface area contributed by atoms with Crippen molar-refractivity contribution in [3.63, 3.8) is 0 Å². The van der Waals surface area contributed by atoms with Crippen LogP contribution >= 0.6 is 15.9 Å². The summed E-state index contributed by atoms with van der Waals surface area (Å²) in [5, 5.41) is 0.982. The predicted molar refractivity (Wildman–Crippen MR) is 65.6 cm³/mol. The highest BCUT2D eigenvalue weighted by Gasteiger charge is 2.00. The molecule has 0 aliphatic rings. The van der Waals surface area contributed by atoms with Crippen LogP contribution in [0.5, 0.6) is 5.75 Å². The third-order valence-corrected chi connectivity index (χ3v) is 3.20. The highest BCUT2D eigenvalue weighted by atomic mass is 79.9. The van der Waals surface area contributed by atoms with E-state index in [-0.39, 0.29) is 0 Å². The second-order valence-electron chi connectivity index (χ2n) is 3.62. The molecule has 1 atom stereocenters. The van der Waals surface area contributed by atoms with Crippen LogP contribution in [0.2, 0.25) is 0 Å². The number of ether oxygens (including phenoxy) is 2. The molecule has 0 saturated carbocycles. The summed E-state index contributed by atoms with van der Waals surface area (Å²) in [4.78, 5) is 0. The van der Waals surface area contributed by atoms with E-state index in [1.54, 1.807) is 7.11 Å². The smallest absolute Gasteiger partial charge is 0.118 e. The van der Waals surface area contributed by atoms with Crippen LogP contribution in [0.25, 0.3) is 0 Å². The Labute approximate surface area is 99.7 Å². The van der Waals surface area contributed by atoms with Crippen LogP contribution in [0, 0.1) is 5.92 Å². The van der Waals surface area contributed by atoms with Gasteiger partial charge in [0.25, 0.3) is 0 Å². The first-order valence-corrected chi connectivity index (χ1v) is 6.15. The molecular formula is C12H17BrO2. The summed E-state index contributed by atoms with van der Waals surface area (Å²) in [7, 11) is 1.67. The molecule has 0 amide bonds. The van der Waals surface area contributed by atoms with Crippen LogP contribution in [0.4, 0.5) is 0 Å². The van der Waals surface area contributed by atoms with Gasteiger partial charge in [-0.1, -0.05) is 35.0 Å². The molecule has 84 valence electrons. The first-order chi connectivity index (χ1) is 7.26. The van der Waals surface area contributed by atoms with Crippen molar-refractivity contribution < 1.29 is 9.47 Å². The first-order valence-electron chi connectivity index (χ1n) is 5.03. The van der Waals surface area contributed by atoms with Gasteiger partial charge in [-0.15, -0.1) is 0 Å². The molecule has 0 N–H and O–H groups in total. The number of halogens is 1. The van der Waals surface area contributed by atoms with Crippen LogP contribution < -0.4 is 4.74 Å². The lowest BCUT2D eigenvalue weighted by Gasteiger charge is -2.09. The Morgan fingerprint density at radius 1 is 1.27 bits per heavy atom. The fraction of sp³-hybridized carbons (Fsp3) is 0.500. The number of hydrogen-bond acceptors (Lipinski definition) is 2. The minimum absolute atomic E-state index is 0.559. The zero-order valence-corrected chi connectivity index (χ0v) is 10.8. The van der Waals surface area contributed by atoms with E-state index in [9.17, 15) is 0 Å². The second kappa shape index (κ2) is 6.85. The lowest BCUT2D eigenvalue weighted by molar-refractivity contribution is 0.0985. The minimum Gasteiger partial charge on any atom is -0.497 e. The number of benzene rings is 1. The lowest BCUT2D eigenvalue weighted by atomic mass is 10.2. The Hall–Kier alpha value is -0.540. The molecule has 0 unspecified atom stereocenters. The molecule has 0 aliphatic heterocycles. The molecule has 0 spiro atoms. The monoisotopic (exact) mass is 272 g/mol. The van der Waals surface area contributed by atoms with Crippen LogP contribution in [0.15, 0.2) is 24.3 Å². The largest absolute Gasteiger partial charge is 0.497 e. The molecule has 1 aromatic rings. The van der Waals surface area contributed by atoms with E-state index in [4.69, 9.17) is 9.47 Å². The third-order valence-electron chi connectivity index (χ3n) is 2.09. The van der Waals surface area contributed by atoms with Crippen molar-refractivity contribution in [1.29, 1.82) is 0 Å². The fourth-order valence-electron chi connectivity index (χ4n) is 1.14. The number of rotatable bonds is 6. The Bertz CT molecular complexity index is 271. The molecule has 0 radical (unpaired) electrons. The Balaban J connectivity index is 2.31. The molecule has 0 aliphatic carbocycles. The van der Waals surface area contributed by atoms with Crippen molar-refractivity contribution in [1.82, 2.24) is 0 Å². The molecule has 15 heavy (non-hydrogen) atoms. The van der Waals surface area contributed by atoms with Crippen molar-refractivity contribution in [3.8, 4) is 5.75 Å². The van der Waals surface area contributed by atoms with Gasteiger partial charge in [-0.3, -0.25) is 0 Å². The van der Waals surface area contributed by atoms with Crippen LogP contribution in [-0.4, -0.2) is 19.0 Å². The zero-order valence-electron chi connectivity index (χ0n) is 9.20. The maximum atomic E-state index is 5.58. The van der Waals surface area contributed by atoms with E-state index >= 15 is 0 Å². The first kappa shape index (κ1) is 12.5. The van der Waals surface area contributed by atoms with E-state index in [2.05, 4.69) is 22.9 Å². The average molecular weight is 273 g/mol. The number of hydrogen-bond donors (Lipinski definition) is 0. The van der Waals surface area contributed by atoms with E-state index in [0.717, 1.165) is 17.7 Å². The van der Waals surface area contributed by atoms with E-state index in [0.29, 0.717) is 12.5 Å². The van der Waals surface area contributed by atoms with Crippen LogP contribution in [0.3, 0.4) is 0 Å². The summed E-state index contributed by atoms with van der Waals surface area (Å²) in [6, 6.07) is 7.95. The van der Waals surface area contributed by atoms with Crippen LogP contribution in [0.1, 0.15) is 12.5 Å². The topological polar surface area (TPSA) is 18.5 Å². The molecule has 2 nitrogen and oxygen atoms in total. The number of methoxy groups -OCH3 is 1. The lowest BCUT2D eigenvalue weighted by Crippen LogP contribution is -2.06. The van der Waals surface area contributed by atoms with Gasteiger partial charge in [-0.2, -0.15) is 0 Å². The molecule has 0 bridgehead atoms. The van der Waals surface area contributed by atoms with E-state index in [1.807, 2.05) is 24.3 Å². The summed E-state index contributed by atoms with van der Waals surface area (Å²) >= 11 is 3.42. The normalized spacial score (nSPS) is 12.5. The van der Waals surface area contributed by atoms with Gasteiger partial charge in [0.2, 0.25) is 0 Å². The van der Waals surface area contributed by atoms with Gasteiger partial charge >= 0.3 is 0 Å². The fourth-order valence-corrected chi connectivity index (χ4v) is 1.33. The third kappa shape index (κ3) is 4.67. The van der Waals surface area contributed by atoms with Crippen molar-refractivity contribution in [3.05, 3.63) is 29.8 Å². The molecule has 1 aromatic carbocycles. The summed E-state index contributed by atoms with van der Waals surface area (Å²) < 4.78 is 10.7. The van der Waals surface area contributed by atoms with Gasteiger partial charge in [0, 0.05) is 5.33 Å². The van der Waals surface area contributed by atoms with Gasteiger partial charge in [0.1, 0.15) is 5.75 Å². The molecule has 1 rings (SSSR count). The van der Waals surface area contributed by atoms with Crippen molar-refractivity contribution in [2.45, 2.75) is 13.5 Å². The summed E-state index contributed by atoms with van der Waals surface area (Å²) in [5.41, 5.74) is 1.18. The van der Waals surface area contributed by atoms with Crippen molar-refractivity contribution in [2.75, 3.05) is 19.0 Å². The highest BCUT2D eigenvalue weighted by molar-refractivity contribution is 9.09. The SMILES string of the molecule is COc1ccc(COC[C@H](C)CBr)cc1. The summed E-state index contributed by atoms with van der Waals surface area (Å²) in [6.45, 7) is 3.61. The second-order valence-corrected chi connectivity index (χ2v) is 4.27.